The average Bonchev–Trinajstić information content (AvgIpc) is 2.87. The van der Waals surface area contributed by atoms with E-state index in [-0.39, 0.29) is 10.6 Å². The Balaban J connectivity index is 2.27. The van der Waals surface area contributed by atoms with E-state index in [1.807, 2.05) is 0 Å². The maximum absolute atomic E-state index is 12.7. The molecule has 0 amide bonds. The lowest BCUT2D eigenvalue weighted by Crippen LogP contribution is -2.11. The SMILES string of the molecule is C=CCNCc1ccc(-c2cc(C(F)(F)F)ccc2Cl)o1. The van der Waals surface area contributed by atoms with Gasteiger partial charge in [-0.3, -0.25) is 0 Å². The zero-order chi connectivity index (χ0) is 15.5. The highest BCUT2D eigenvalue weighted by Crippen LogP contribution is 2.36. The molecule has 0 radical (unpaired) electrons. The van der Waals surface area contributed by atoms with Crippen molar-refractivity contribution in [2.75, 3.05) is 6.54 Å². The number of nitrogens with one attached hydrogen (secondary N) is 1. The fraction of sp³-hybridized carbons (Fsp3) is 0.200. The molecule has 0 aliphatic heterocycles. The van der Waals surface area contributed by atoms with E-state index in [1.54, 1.807) is 18.2 Å². The molecule has 1 N–H and O–H groups in total. The van der Waals surface area contributed by atoms with E-state index in [4.69, 9.17) is 16.0 Å². The summed E-state index contributed by atoms with van der Waals surface area (Å²) in [5.74, 6) is 0.918. The molecule has 1 aromatic heterocycles. The fourth-order valence-corrected chi connectivity index (χ4v) is 2.02. The van der Waals surface area contributed by atoms with E-state index in [0.29, 0.717) is 24.6 Å². The van der Waals surface area contributed by atoms with Crippen molar-refractivity contribution in [3.8, 4) is 11.3 Å². The number of benzene rings is 1. The number of rotatable bonds is 5. The third kappa shape index (κ3) is 3.89. The lowest BCUT2D eigenvalue weighted by Gasteiger charge is -2.09. The molecular formula is C15H13ClF3NO. The summed E-state index contributed by atoms with van der Waals surface area (Å²) < 4.78 is 43.7. The number of alkyl halides is 3. The van der Waals surface area contributed by atoms with Crippen LogP contribution in [-0.4, -0.2) is 6.54 Å². The van der Waals surface area contributed by atoms with Crippen LogP contribution in [0.15, 0.2) is 47.4 Å². The van der Waals surface area contributed by atoms with Crippen LogP contribution in [-0.2, 0) is 12.7 Å². The Morgan fingerprint density at radius 1 is 1.24 bits per heavy atom. The van der Waals surface area contributed by atoms with Gasteiger partial charge in [0.15, 0.2) is 0 Å². The zero-order valence-electron chi connectivity index (χ0n) is 11.0. The van der Waals surface area contributed by atoms with Gasteiger partial charge in [-0.15, -0.1) is 6.58 Å². The van der Waals surface area contributed by atoms with Gasteiger partial charge in [-0.05, 0) is 30.3 Å². The predicted octanol–water partition coefficient (Wildman–Crippen LogP) is 4.89. The Labute approximate surface area is 125 Å². The number of hydrogen-bond acceptors (Lipinski definition) is 2. The highest BCUT2D eigenvalue weighted by Gasteiger charge is 2.31. The second kappa shape index (κ2) is 6.37. The summed E-state index contributed by atoms with van der Waals surface area (Å²) in [6.07, 6.45) is -2.71. The molecule has 0 aliphatic rings. The molecule has 1 aromatic carbocycles. The average molecular weight is 316 g/mol. The number of halogens is 4. The third-order valence-electron chi connectivity index (χ3n) is 2.81. The molecule has 0 spiro atoms. The van der Waals surface area contributed by atoms with Crippen molar-refractivity contribution in [3.05, 3.63) is 59.3 Å². The first-order chi connectivity index (χ1) is 9.91. The van der Waals surface area contributed by atoms with Crippen molar-refractivity contribution < 1.29 is 17.6 Å². The number of hydrogen-bond donors (Lipinski definition) is 1. The summed E-state index contributed by atoms with van der Waals surface area (Å²) >= 11 is 5.96. The van der Waals surface area contributed by atoms with Gasteiger partial charge in [0.2, 0.25) is 0 Å². The summed E-state index contributed by atoms with van der Waals surface area (Å²) in [6, 6.07) is 6.45. The van der Waals surface area contributed by atoms with Gasteiger partial charge >= 0.3 is 6.18 Å². The molecule has 0 atom stereocenters. The third-order valence-corrected chi connectivity index (χ3v) is 3.14. The summed E-state index contributed by atoms with van der Waals surface area (Å²) in [5, 5.41) is 3.25. The van der Waals surface area contributed by atoms with Crippen molar-refractivity contribution in [2.45, 2.75) is 12.7 Å². The summed E-state index contributed by atoms with van der Waals surface area (Å²) in [7, 11) is 0. The van der Waals surface area contributed by atoms with Crippen molar-refractivity contribution >= 4 is 11.6 Å². The molecule has 0 saturated heterocycles. The summed E-state index contributed by atoms with van der Waals surface area (Å²) in [4.78, 5) is 0. The molecule has 2 nitrogen and oxygen atoms in total. The van der Waals surface area contributed by atoms with Gasteiger partial charge in [-0.25, -0.2) is 0 Å². The van der Waals surface area contributed by atoms with Gasteiger partial charge in [0.05, 0.1) is 17.1 Å². The maximum Gasteiger partial charge on any atom is 0.416 e. The van der Waals surface area contributed by atoms with E-state index in [2.05, 4.69) is 11.9 Å². The van der Waals surface area contributed by atoms with E-state index in [0.717, 1.165) is 12.1 Å². The van der Waals surface area contributed by atoms with Crippen molar-refractivity contribution in [3.63, 3.8) is 0 Å². The molecule has 2 aromatic rings. The van der Waals surface area contributed by atoms with Gasteiger partial charge in [-0.1, -0.05) is 17.7 Å². The van der Waals surface area contributed by atoms with Crippen LogP contribution in [0.3, 0.4) is 0 Å². The van der Waals surface area contributed by atoms with Crippen molar-refractivity contribution in [1.82, 2.24) is 5.32 Å². The smallest absolute Gasteiger partial charge is 0.416 e. The highest BCUT2D eigenvalue weighted by atomic mass is 35.5. The normalized spacial score (nSPS) is 11.6. The van der Waals surface area contributed by atoms with Crippen LogP contribution in [0.4, 0.5) is 13.2 Å². The van der Waals surface area contributed by atoms with Gasteiger partial charge in [0, 0.05) is 12.1 Å². The second-order valence-corrected chi connectivity index (χ2v) is 4.79. The molecular weight excluding hydrogens is 303 g/mol. The Hall–Kier alpha value is -1.72. The quantitative estimate of drug-likeness (QED) is 0.627. The molecule has 0 saturated carbocycles. The molecule has 0 fully saturated rings. The molecule has 0 aliphatic carbocycles. The first-order valence-corrected chi connectivity index (χ1v) is 6.57. The van der Waals surface area contributed by atoms with Gasteiger partial charge < -0.3 is 9.73 Å². The zero-order valence-corrected chi connectivity index (χ0v) is 11.8. The molecule has 1 heterocycles. The lowest BCUT2D eigenvalue weighted by molar-refractivity contribution is -0.137. The minimum Gasteiger partial charge on any atom is -0.460 e. The van der Waals surface area contributed by atoms with Gasteiger partial charge in [-0.2, -0.15) is 13.2 Å². The van der Waals surface area contributed by atoms with Crippen LogP contribution in [0.5, 0.6) is 0 Å². The predicted molar refractivity (Wildman–Crippen MR) is 76.1 cm³/mol. The van der Waals surface area contributed by atoms with Crippen LogP contribution in [0.2, 0.25) is 5.02 Å². The van der Waals surface area contributed by atoms with Crippen LogP contribution in [0.25, 0.3) is 11.3 Å². The molecule has 6 heteroatoms. The van der Waals surface area contributed by atoms with Crippen LogP contribution < -0.4 is 5.32 Å². The second-order valence-electron chi connectivity index (χ2n) is 4.38. The minimum atomic E-state index is -4.42. The molecule has 0 bridgehead atoms. The standard InChI is InChI=1S/C15H13ClF3NO/c1-2-7-20-9-11-4-6-14(21-11)12-8-10(15(17,18)19)3-5-13(12)16/h2-6,8,20H,1,7,9H2. The van der Waals surface area contributed by atoms with E-state index >= 15 is 0 Å². The molecule has 0 unspecified atom stereocenters. The topological polar surface area (TPSA) is 25.2 Å². The summed E-state index contributed by atoms with van der Waals surface area (Å²) in [6.45, 7) is 4.64. The Bertz CT molecular complexity index is 634. The Kier molecular flexibility index (Phi) is 4.75. The molecule has 2 rings (SSSR count). The van der Waals surface area contributed by atoms with Crippen molar-refractivity contribution in [2.24, 2.45) is 0 Å². The van der Waals surface area contributed by atoms with Crippen molar-refractivity contribution in [1.29, 1.82) is 0 Å². The first-order valence-electron chi connectivity index (χ1n) is 6.19. The maximum atomic E-state index is 12.7. The number of furan rings is 1. The lowest BCUT2D eigenvalue weighted by atomic mass is 10.1. The van der Waals surface area contributed by atoms with E-state index in [9.17, 15) is 13.2 Å². The van der Waals surface area contributed by atoms with Crippen LogP contribution in [0.1, 0.15) is 11.3 Å². The Morgan fingerprint density at radius 2 is 2.00 bits per heavy atom. The highest BCUT2D eigenvalue weighted by molar-refractivity contribution is 6.33. The van der Waals surface area contributed by atoms with E-state index in [1.165, 1.54) is 6.07 Å². The van der Waals surface area contributed by atoms with Gasteiger partial charge in [0.25, 0.3) is 0 Å². The molecule has 21 heavy (non-hydrogen) atoms. The fourth-order valence-electron chi connectivity index (χ4n) is 1.81. The monoisotopic (exact) mass is 315 g/mol. The van der Waals surface area contributed by atoms with E-state index < -0.39 is 11.7 Å². The Morgan fingerprint density at radius 3 is 2.67 bits per heavy atom. The van der Waals surface area contributed by atoms with Crippen LogP contribution in [0, 0.1) is 0 Å². The summed E-state index contributed by atoms with van der Waals surface area (Å²) in [5.41, 5.74) is -0.536. The molecule has 112 valence electrons. The largest absolute Gasteiger partial charge is 0.460 e. The minimum absolute atomic E-state index is 0.211. The van der Waals surface area contributed by atoms with Crippen LogP contribution >= 0.6 is 11.6 Å². The van der Waals surface area contributed by atoms with Gasteiger partial charge in [0.1, 0.15) is 11.5 Å². The first kappa shape index (κ1) is 15.7.